The van der Waals surface area contributed by atoms with Gasteiger partial charge in [-0.3, -0.25) is 19.8 Å². The molecule has 1 aliphatic heterocycles. The summed E-state index contributed by atoms with van der Waals surface area (Å²) in [6.45, 7) is 3.85. The van der Waals surface area contributed by atoms with E-state index in [2.05, 4.69) is 17.0 Å². The van der Waals surface area contributed by atoms with E-state index in [1.807, 2.05) is 6.20 Å². The van der Waals surface area contributed by atoms with Crippen molar-refractivity contribution in [1.82, 2.24) is 9.88 Å². The highest BCUT2D eigenvalue weighted by molar-refractivity contribution is 6.38. The molecule has 132 valence electrons. The number of aromatic nitrogens is 1. The number of rotatable bonds is 3. The summed E-state index contributed by atoms with van der Waals surface area (Å²) in [7, 11) is 1.59. The summed E-state index contributed by atoms with van der Waals surface area (Å²) >= 11 is 0. The molecule has 8 nitrogen and oxygen atoms in total. The molecule has 25 heavy (non-hydrogen) atoms. The first kappa shape index (κ1) is 17.1. The second-order valence-electron chi connectivity index (χ2n) is 6.59. The number of hydrogen-bond acceptors (Lipinski definition) is 4. The van der Waals surface area contributed by atoms with Gasteiger partial charge in [0.2, 0.25) is 11.7 Å². The van der Waals surface area contributed by atoms with Gasteiger partial charge in [-0.15, -0.1) is 0 Å². The van der Waals surface area contributed by atoms with E-state index in [0.717, 1.165) is 18.4 Å². The van der Waals surface area contributed by atoms with E-state index in [1.165, 1.54) is 11.0 Å². The van der Waals surface area contributed by atoms with Crippen molar-refractivity contribution >= 4 is 30.1 Å². The van der Waals surface area contributed by atoms with Crippen LogP contribution in [0.4, 0.5) is 5.69 Å². The van der Waals surface area contributed by atoms with Gasteiger partial charge < -0.3 is 14.8 Å². The van der Waals surface area contributed by atoms with Crippen LogP contribution in [0, 0.1) is 11.3 Å². The van der Waals surface area contributed by atoms with Gasteiger partial charge in [-0.1, -0.05) is 0 Å². The molecule has 0 saturated heterocycles. The molecular weight excluding hydrogens is 322 g/mol. The van der Waals surface area contributed by atoms with Crippen LogP contribution in [0.25, 0.3) is 0 Å². The number of likely N-dealkylation sites (N-methyl/N-ethyl adjacent to an activating group) is 1. The SMILES string of the molecule is C=NC(=N)C(=O)N[C@@H]1CCc2cn(CC3CC3)c(=O)cc2N(C)C1=O. The first-order valence-corrected chi connectivity index (χ1v) is 8.27. The summed E-state index contributed by atoms with van der Waals surface area (Å²) in [6, 6.07) is 0.728. The molecule has 1 aromatic rings. The Morgan fingerprint density at radius 2 is 2.12 bits per heavy atom. The third-order valence-corrected chi connectivity index (χ3v) is 4.71. The lowest BCUT2D eigenvalue weighted by Gasteiger charge is -2.22. The van der Waals surface area contributed by atoms with Gasteiger partial charge in [-0.25, -0.2) is 4.99 Å². The van der Waals surface area contributed by atoms with Crippen LogP contribution in [0.15, 0.2) is 22.1 Å². The minimum atomic E-state index is -0.765. The summed E-state index contributed by atoms with van der Waals surface area (Å²) in [5, 5.41) is 9.90. The molecule has 1 saturated carbocycles. The van der Waals surface area contributed by atoms with E-state index in [4.69, 9.17) is 5.41 Å². The number of carbonyl (C=O) groups is 2. The highest BCUT2D eigenvalue weighted by Crippen LogP contribution is 2.31. The van der Waals surface area contributed by atoms with Crippen LogP contribution in [-0.4, -0.2) is 42.0 Å². The number of nitrogens with one attached hydrogen (secondary N) is 2. The Bertz CT molecular complexity index is 809. The molecular formula is C17H21N5O3. The van der Waals surface area contributed by atoms with Crippen LogP contribution in [0.1, 0.15) is 24.8 Å². The van der Waals surface area contributed by atoms with Crippen molar-refractivity contribution in [3.63, 3.8) is 0 Å². The van der Waals surface area contributed by atoms with Crippen molar-refractivity contribution in [3.8, 4) is 0 Å². The van der Waals surface area contributed by atoms with Gasteiger partial charge >= 0.3 is 0 Å². The largest absolute Gasteiger partial charge is 0.338 e. The average molecular weight is 343 g/mol. The molecule has 2 N–H and O–H groups in total. The molecule has 1 atom stereocenters. The third-order valence-electron chi connectivity index (χ3n) is 4.71. The maximum absolute atomic E-state index is 12.6. The lowest BCUT2D eigenvalue weighted by molar-refractivity contribution is -0.124. The monoisotopic (exact) mass is 343 g/mol. The number of fused-ring (bicyclic) bond motifs is 1. The average Bonchev–Trinajstić information content (AvgIpc) is 3.42. The highest BCUT2D eigenvalue weighted by Gasteiger charge is 2.31. The fourth-order valence-corrected chi connectivity index (χ4v) is 3.04. The quantitative estimate of drug-likeness (QED) is 0.610. The predicted molar refractivity (Wildman–Crippen MR) is 94.4 cm³/mol. The topological polar surface area (TPSA) is 108 Å². The smallest absolute Gasteiger partial charge is 0.289 e. The summed E-state index contributed by atoms with van der Waals surface area (Å²) in [5.74, 6) is -1.00. The van der Waals surface area contributed by atoms with Crippen LogP contribution in [-0.2, 0) is 22.6 Å². The number of anilines is 1. The molecule has 0 bridgehead atoms. The normalized spacial score (nSPS) is 19.8. The van der Waals surface area contributed by atoms with Crippen LogP contribution in [0.5, 0.6) is 0 Å². The molecule has 0 spiro atoms. The van der Waals surface area contributed by atoms with Gasteiger partial charge in [0.15, 0.2) is 0 Å². The number of hydrogen-bond donors (Lipinski definition) is 2. The summed E-state index contributed by atoms with van der Waals surface area (Å²) < 4.78 is 1.71. The molecule has 8 heteroatoms. The number of aryl methyl sites for hydroxylation is 1. The van der Waals surface area contributed by atoms with Gasteiger partial charge in [-0.2, -0.15) is 0 Å². The van der Waals surface area contributed by atoms with Crippen molar-refractivity contribution in [2.45, 2.75) is 38.3 Å². The van der Waals surface area contributed by atoms with E-state index in [0.29, 0.717) is 31.0 Å². The van der Waals surface area contributed by atoms with Crippen LogP contribution in [0.3, 0.4) is 0 Å². The van der Waals surface area contributed by atoms with Crippen molar-refractivity contribution in [1.29, 1.82) is 5.41 Å². The second-order valence-corrected chi connectivity index (χ2v) is 6.59. The van der Waals surface area contributed by atoms with Gasteiger partial charge in [0.05, 0.1) is 5.69 Å². The molecule has 1 aliphatic carbocycles. The number of nitrogens with zero attached hydrogens (tertiary/aromatic N) is 3. The molecule has 3 rings (SSSR count). The zero-order valence-electron chi connectivity index (χ0n) is 14.1. The minimum Gasteiger partial charge on any atom is -0.338 e. The maximum Gasteiger partial charge on any atom is 0.289 e. The van der Waals surface area contributed by atoms with Crippen LogP contribution < -0.4 is 15.8 Å². The Morgan fingerprint density at radius 1 is 1.40 bits per heavy atom. The zero-order chi connectivity index (χ0) is 18.1. The van der Waals surface area contributed by atoms with Crippen LogP contribution >= 0.6 is 0 Å². The lowest BCUT2D eigenvalue weighted by atomic mass is 10.1. The molecule has 2 aliphatic rings. The van der Waals surface area contributed by atoms with Crippen molar-refractivity contribution < 1.29 is 9.59 Å². The Kier molecular flexibility index (Phi) is 4.52. The lowest BCUT2D eigenvalue weighted by Crippen LogP contribution is -2.48. The Hall–Kier alpha value is -2.77. The molecule has 0 aromatic carbocycles. The molecule has 1 fully saturated rings. The Labute approximate surface area is 145 Å². The third kappa shape index (κ3) is 3.52. The number of pyridine rings is 1. The Morgan fingerprint density at radius 3 is 2.76 bits per heavy atom. The second kappa shape index (κ2) is 6.62. The van der Waals surface area contributed by atoms with Gasteiger partial charge in [0.25, 0.3) is 11.5 Å². The molecule has 2 amide bonds. The van der Waals surface area contributed by atoms with E-state index in [9.17, 15) is 14.4 Å². The fourth-order valence-electron chi connectivity index (χ4n) is 3.04. The fraction of sp³-hybridized carbons (Fsp3) is 0.471. The standard InChI is InChI=1S/C17H21N5O3/c1-19-15(18)16(24)20-12-6-5-11-9-22(8-10-3-4-10)14(23)7-13(11)21(2)17(12)25/h7,9-10,12,18H,1,3-6,8H2,2H3,(H,20,24)/t12-/m1/s1. The van der Waals surface area contributed by atoms with Gasteiger partial charge in [0, 0.05) is 25.9 Å². The van der Waals surface area contributed by atoms with E-state index < -0.39 is 17.8 Å². The summed E-state index contributed by atoms with van der Waals surface area (Å²) in [5.41, 5.74) is 1.37. The van der Waals surface area contributed by atoms with Crippen molar-refractivity contribution in [2.75, 3.05) is 11.9 Å². The molecule has 0 unspecified atom stereocenters. The maximum atomic E-state index is 12.6. The van der Waals surface area contributed by atoms with E-state index in [1.54, 1.807) is 11.6 Å². The highest BCUT2D eigenvalue weighted by atomic mass is 16.2. The minimum absolute atomic E-state index is 0.120. The first-order chi connectivity index (χ1) is 11.9. The molecule has 1 aromatic heterocycles. The van der Waals surface area contributed by atoms with Gasteiger partial charge in [-0.05, 0) is 43.9 Å². The Balaban J connectivity index is 1.84. The van der Waals surface area contributed by atoms with Crippen molar-refractivity contribution in [3.05, 3.63) is 28.2 Å². The summed E-state index contributed by atoms with van der Waals surface area (Å²) in [6.07, 6.45) is 5.08. The van der Waals surface area contributed by atoms with E-state index in [-0.39, 0.29) is 11.5 Å². The number of carbonyl (C=O) groups excluding carboxylic acids is 2. The van der Waals surface area contributed by atoms with Crippen LogP contribution in [0.2, 0.25) is 0 Å². The van der Waals surface area contributed by atoms with E-state index >= 15 is 0 Å². The van der Waals surface area contributed by atoms with Gasteiger partial charge in [0.1, 0.15) is 6.04 Å². The summed E-state index contributed by atoms with van der Waals surface area (Å²) in [4.78, 5) is 41.4. The first-order valence-electron chi connectivity index (χ1n) is 8.27. The number of amides is 2. The number of amidine groups is 1. The zero-order valence-corrected chi connectivity index (χ0v) is 14.1. The number of aliphatic imine (C=N–C) groups is 1. The van der Waals surface area contributed by atoms with Crippen molar-refractivity contribution in [2.24, 2.45) is 10.9 Å². The molecule has 2 heterocycles. The molecule has 0 radical (unpaired) electrons. The predicted octanol–water partition coefficient (Wildman–Crippen LogP) is 0.330.